The summed E-state index contributed by atoms with van der Waals surface area (Å²) in [4.78, 5) is 11.2. The van der Waals surface area contributed by atoms with E-state index in [0.717, 1.165) is 6.08 Å². The first-order valence-corrected chi connectivity index (χ1v) is 5.12. The molecule has 0 unspecified atom stereocenters. The highest BCUT2D eigenvalue weighted by atomic mass is 35.6. The minimum Gasteiger partial charge on any atom is -0.507 e. The Morgan fingerprint density at radius 2 is 1.73 bits per heavy atom. The lowest BCUT2D eigenvalue weighted by molar-refractivity contribution is -0.113. The van der Waals surface area contributed by atoms with E-state index in [4.69, 9.17) is 34.8 Å². The average molecular weight is 266 g/mol. The fourth-order valence-corrected chi connectivity index (χ4v) is 1.06. The van der Waals surface area contributed by atoms with Gasteiger partial charge >= 0.3 is 0 Å². The molecule has 0 saturated carbocycles. The van der Waals surface area contributed by atoms with Crippen molar-refractivity contribution in [3.8, 4) is 0 Å². The van der Waals surface area contributed by atoms with E-state index in [1.54, 1.807) is 30.3 Å². The van der Waals surface area contributed by atoms with Crippen molar-refractivity contribution in [1.29, 1.82) is 0 Å². The molecule has 15 heavy (non-hydrogen) atoms. The Morgan fingerprint density at radius 3 is 2.20 bits per heavy atom. The highest BCUT2D eigenvalue weighted by Gasteiger charge is 2.28. The van der Waals surface area contributed by atoms with Gasteiger partial charge in [-0.15, -0.1) is 0 Å². The Balaban J connectivity index is 2.91. The highest BCUT2D eigenvalue weighted by Crippen LogP contribution is 2.28. The molecule has 0 aromatic heterocycles. The molecule has 0 radical (unpaired) electrons. The van der Waals surface area contributed by atoms with E-state index in [0.29, 0.717) is 5.56 Å². The number of hydrogen-bond acceptors (Lipinski definition) is 2. The number of benzene rings is 1. The third-order valence-corrected chi connectivity index (χ3v) is 2.18. The molecule has 0 amide bonds. The molecule has 0 aliphatic carbocycles. The van der Waals surface area contributed by atoms with Gasteiger partial charge < -0.3 is 5.11 Å². The van der Waals surface area contributed by atoms with Gasteiger partial charge in [0, 0.05) is 11.6 Å². The van der Waals surface area contributed by atoms with Crippen LogP contribution in [0.2, 0.25) is 0 Å². The number of rotatable bonds is 2. The largest absolute Gasteiger partial charge is 0.507 e. The van der Waals surface area contributed by atoms with Crippen LogP contribution in [0, 0.1) is 0 Å². The zero-order valence-electron chi connectivity index (χ0n) is 7.45. The number of hydrogen-bond donors (Lipinski definition) is 1. The van der Waals surface area contributed by atoms with Gasteiger partial charge in [0.1, 0.15) is 5.76 Å². The summed E-state index contributed by atoms with van der Waals surface area (Å²) >= 11 is 16.0. The van der Waals surface area contributed by atoms with Crippen molar-refractivity contribution in [3.63, 3.8) is 0 Å². The first-order chi connectivity index (χ1) is 6.91. The number of carbonyl (C=O) groups is 1. The maximum absolute atomic E-state index is 11.2. The van der Waals surface area contributed by atoms with Gasteiger partial charge in [-0.25, -0.2) is 0 Å². The summed E-state index contributed by atoms with van der Waals surface area (Å²) in [5.41, 5.74) is 0.486. The summed E-state index contributed by atoms with van der Waals surface area (Å²) in [6, 6.07) is 8.50. The van der Waals surface area contributed by atoms with Crippen LogP contribution < -0.4 is 0 Å². The Labute approximate surface area is 102 Å². The number of ketones is 1. The van der Waals surface area contributed by atoms with Crippen molar-refractivity contribution in [1.82, 2.24) is 0 Å². The molecule has 1 N–H and O–H groups in total. The number of halogens is 3. The molecule has 1 rings (SSSR count). The van der Waals surface area contributed by atoms with Crippen LogP contribution in [0.4, 0.5) is 0 Å². The van der Waals surface area contributed by atoms with Crippen molar-refractivity contribution in [2.24, 2.45) is 0 Å². The van der Waals surface area contributed by atoms with Gasteiger partial charge in [0.05, 0.1) is 0 Å². The van der Waals surface area contributed by atoms with E-state index in [1.165, 1.54) is 0 Å². The lowest BCUT2D eigenvalue weighted by atomic mass is 10.1. The number of allylic oxidation sites excluding steroid dienone is 1. The summed E-state index contributed by atoms with van der Waals surface area (Å²) in [5, 5.41) is 9.52. The topological polar surface area (TPSA) is 37.3 Å². The second kappa shape index (κ2) is 4.88. The van der Waals surface area contributed by atoms with E-state index in [1.807, 2.05) is 0 Å². The van der Waals surface area contributed by atoms with Crippen LogP contribution in [0.3, 0.4) is 0 Å². The molecular weight excluding hydrogens is 258 g/mol. The van der Waals surface area contributed by atoms with E-state index < -0.39 is 9.58 Å². The first-order valence-electron chi connectivity index (χ1n) is 3.98. The number of alkyl halides is 3. The molecule has 0 saturated heterocycles. The predicted octanol–water partition coefficient (Wildman–Crippen LogP) is 3.52. The molecule has 1 aromatic rings. The number of aliphatic hydroxyl groups excluding tert-OH is 1. The van der Waals surface area contributed by atoms with Crippen LogP contribution >= 0.6 is 34.8 Å². The van der Waals surface area contributed by atoms with Gasteiger partial charge in [-0.05, 0) is 0 Å². The lowest BCUT2D eigenvalue weighted by Gasteiger charge is -2.06. The van der Waals surface area contributed by atoms with E-state index in [-0.39, 0.29) is 5.76 Å². The molecule has 0 atom stereocenters. The van der Waals surface area contributed by atoms with E-state index >= 15 is 0 Å². The molecule has 2 nitrogen and oxygen atoms in total. The van der Waals surface area contributed by atoms with Crippen molar-refractivity contribution in [2.75, 3.05) is 0 Å². The van der Waals surface area contributed by atoms with Crippen LogP contribution in [-0.4, -0.2) is 14.7 Å². The average Bonchev–Trinajstić information content (AvgIpc) is 2.17. The van der Waals surface area contributed by atoms with Gasteiger partial charge in [-0.3, -0.25) is 4.79 Å². The van der Waals surface area contributed by atoms with E-state index in [2.05, 4.69) is 0 Å². The van der Waals surface area contributed by atoms with Crippen molar-refractivity contribution >= 4 is 46.3 Å². The van der Waals surface area contributed by atoms with Gasteiger partial charge in [0.15, 0.2) is 0 Å². The van der Waals surface area contributed by atoms with Gasteiger partial charge in [-0.1, -0.05) is 65.1 Å². The van der Waals surface area contributed by atoms with E-state index in [9.17, 15) is 9.90 Å². The van der Waals surface area contributed by atoms with Crippen LogP contribution in [0.1, 0.15) is 5.56 Å². The molecule has 0 heterocycles. The van der Waals surface area contributed by atoms with Crippen molar-refractivity contribution < 1.29 is 9.90 Å². The Morgan fingerprint density at radius 1 is 1.20 bits per heavy atom. The molecule has 0 spiro atoms. The summed E-state index contributed by atoms with van der Waals surface area (Å²) in [7, 11) is 0. The van der Waals surface area contributed by atoms with Crippen LogP contribution in [0.5, 0.6) is 0 Å². The van der Waals surface area contributed by atoms with Crippen molar-refractivity contribution in [3.05, 3.63) is 42.0 Å². The minimum atomic E-state index is -2.04. The summed E-state index contributed by atoms with van der Waals surface area (Å²) < 4.78 is -2.04. The molecular formula is C10H7Cl3O2. The molecule has 0 aliphatic heterocycles. The molecule has 1 aromatic carbocycles. The van der Waals surface area contributed by atoms with Crippen LogP contribution in [0.25, 0.3) is 5.76 Å². The molecule has 0 fully saturated rings. The number of carbonyl (C=O) groups excluding carboxylic acids is 1. The quantitative estimate of drug-likeness (QED) is 0.505. The molecule has 0 bridgehead atoms. The molecule has 0 aliphatic rings. The highest BCUT2D eigenvalue weighted by molar-refractivity contribution is 6.77. The maximum Gasteiger partial charge on any atom is 0.252 e. The smallest absolute Gasteiger partial charge is 0.252 e. The lowest BCUT2D eigenvalue weighted by Crippen LogP contribution is -2.16. The second-order valence-electron chi connectivity index (χ2n) is 2.76. The zero-order chi connectivity index (χ0) is 11.5. The normalized spacial score (nSPS) is 12.6. The summed E-state index contributed by atoms with van der Waals surface area (Å²) in [6.45, 7) is 0. The zero-order valence-corrected chi connectivity index (χ0v) is 9.72. The minimum absolute atomic E-state index is 0.230. The van der Waals surface area contributed by atoms with Crippen LogP contribution in [-0.2, 0) is 4.79 Å². The Hall–Kier alpha value is -0.700. The van der Waals surface area contributed by atoms with Crippen molar-refractivity contribution in [2.45, 2.75) is 3.79 Å². The second-order valence-corrected chi connectivity index (χ2v) is 5.04. The van der Waals surface area contributed by atoms with Gasteiger partial charge in [-0.2, -0.15) is 0 Å². The molecule has 80 valence electrons. The fourth-order valence-electron chi connectivity index (χ4n) is 0.898. The fraction of sp³-hybridized carbons (Fsp3) is 0.100. The maximum atomic E-state index is 11.2. The Bertz CT molecular complexity index is 379. The first kappa shape index (κ1) is 12.4. The SMILES string of the molecule is O=C(/C=C(\O)c1ccccc1)C(Cl)(Cl)Cl. The van der Waals surface area contributed by atoms with Gasteiger partial charge in [0.2, 0.25) is 5.78 Å². The molecule has 5 heteroatoms. The third-order valence-electron chi connectivity index (χ3n) is 1.62. The third kappa shape index (κ3) is 3.74. The standard InChI is InChI=1S/C10H7Cl3O2/c11-10(12,13)9(15)6-8(14)7-4-2-1-3-5-7/h1-6,14H/b8-6-. The number of aliphatic hydroxyl groups is 1. The summed E-state index contributed by atoms with van der Waals surface area (Å²) in [6.07, 6.45) is 0.891. The van der Waals surface area contributed by atoms with Crippen LogP contribution in [0.15, 0.2) is 36.4 Å². The summed E-state index contributed by atoms with van der Waals surface area (Å²) in [5.74, 6) is -1.01. The monoisotopic (exact) mass is 264 g/mol. The predicted molar refractivity (Wildman–Crippen MR) is 62.3 cm³/mol. The Kier molecular flexibility index (Phi) is 4.03. The van der Waals surface area contributed by atoms with Gasteiger partial charge in [0.25, 0.3) is 3.79 Å².